The van der Waals surface area contributed by atoms with Crippen LogP contribution in [0, 0.1) is 24.0 Å². The number of nitro groups is 1. The standard InChI is InChI=1S/C20H20N4O3/c1-14-3-5-16(6-4-14)7-12-20(25)21-19-13-15(2)22-23(19)17-8-10-18(11-9-17)24(26)27/h3-6,8-11,13H,7,12H2,1-2H3,(H,21,25). The third-order valence-electron chi connectivity index (χ3n) is 4.17. The molecular weight excluding hydrogens is 344 g/mol. The topological polar surface area (TPSA) is 90.1 Å². The minimum Gasteiger partial charge on any atom is -0.311 e. The fraction of sp³-hybridized carbons (Fsp3) is 0.200. The Labute approximate surface area is 156 Å². The molecule has 1 amide bonds. The number of nitro benzene ring substituents is 1. The zero-order valence-electron chi connectivity index (χ0n) is 15.2. The van der Waals surface area contributed by atoms with Crippen molar-refractivity contribution in [2.24, 2.45) is 0 Å². The molecule has 0 saturated carbocycles. The summed E-state index contributed by atoms with van der Waals surface area (Å²) >= 11 is 0. The molecule has 0 aliphatic rings. The maximum Gasteiger partial charge on any atom is 0.269 e. The molecule has 3 rings (SSSR count). The molecule has 7 nitrogen and oxygen atoms in total. The fourth-order valence-corrected chi connectivity index (χ4v) is 2.72. The molecule has 0 bridgehead atoms. The molecule has 1 N–H and O–H groups in total. The minimum absolute atomic E-state index is 0.00584. The van der Waals surface area contributed by atoms with E-state index >= 15 is 0 Å². The normalized spacial score (nSPS) is 10.6. The first-order valence-electron chi connectivity index (χ1n) is 8.59. The third-order valence-corrected chi connectivity index (χ3v) is 4.17. The zero-order chi connectivity index (χ0) is 19.4. The highest BCUT2D eigenvalue weighted by molar-refractivity contribution is 5.90. The van der Waals surface area contributed by atoms with Gasteiger partial charge in [0, 0.05) is 24.6 Å². The van der Waals surface area contributed by atoms with Gasteiger partial charge in [-0.15, -0.1) is 0 Å². The largest absolute Gasteiger partial charge is 0.311 e. The summed E-state index contributed by atoms with van der Waals surface area (Å²) in [6, 6.07) is 15.9. The Morgan fingerprint density at radius 2 is 1.78 bits per heavy atom. The van der Waals surface area contributed by atoms with Crippen molar-refractivity contribution < 1.29 is 9.72 Å². The number of carbonyl (C=O) groups excluding carboxylic acids is 1. The first-order chi connectivity index (χ1) is 12.9. The molecule has 0 fully saturated rings. The summed E-state index contributed by atoms with van der Waals surface area (Å²) in [6.07, 6.45) is 1.00. The van der Waals surface area contributed by atoms with Crippen molar-refractivity contribution >= 4 is 17.4 Å². The molecule has 27 heavy (non-hydrogen) atoms. The third kappa shape index (κ3) is 4.58. The van der Waals surface area contributed by atoms with Gasteiger partial charge in [-0.2, -0.15) is 5.10 Å². The van der Waals surface area contributed by atoms with Crippen molar-refractivity contribution in [2.45, 2.75) is 26.7 Å². The highest BCUT2D eigenvalue weighted by Crippen LogP contribution is 2.20. The number of carbonyl (C=O) groups is 1. The van der Waals surface area contributed by atoms with Crippen LogP contribution < -0.4 is 5.32 Å². The summed E-state index contributed by atoms with van der Waals surface area (Å²) in [5.41, 5.74) is 3.68. The van der Waals surface area contributed by atoms with Crippen LogP contribution in [0.2, 0.25) is 0 Å². The molecule has 0 spiro atoms. The summed E-state index contributed by atoms with van der Waals surface area (Å²) < 4.78 is 1.57. The van der Waals surface area contributed by atoms with Gasteiger partial charge in [0.15, 0.2) is 0 Å². The van der Waals surface area contributed by atoms with Crippen LogP contribution in [0.1, 0.15) is 23.2 Å². The Morgan fingerprint density at radius 1 is 1.11 bits per heavy atom. The van der Waals surface area contributed by atoms with Gasteiger partial charge in [-0.3, -0.25) is 14.9 Å². The number of amides is 1. The van der Waals surface area contributed by atoms with Crippen LogP contribution >= 0.6 is 0 Å². The van der Waals surface area contributed by atoms with Gasteiger partial charge < -0.3 is 5.32 Å². The first kappa shape index (κ1) is 18.3. The molecule has 1 heterocycles. The average molecular weight is 364 g/mol. The predicted octanol–water partition coefficient (Wildman–Crippen LogP) is 3.97. The van der Waals surface area contributed by atoms with Crippen molar-refractivity contribution in [1.29, 1.82) is 0 Å². The van der Waals surface area contributed by atoms with Crippen LogP contribution in [0.4, 0.5) is 11.5 Å². The molecule has 1 aromatic heterocycles. The van der Waals surface area contributed by atoms with Crippen molar-refractivity contribution in [1.82, 2.24) is 9.78 Å². The fourth-order valence-electron chi connectivity index (χ4n) is 2.72. The predicted molar refractivity (Wildman–Crippen MR) is 103 cm³/mol. The summed E-state index contributed by atoms with van der Waals surface area (Å²) in [5, 5.41) is 18.0. The second-order valence-corrected chi connectivity index (χ2v) is 6.39. The molecular formula is C20H20N4O3. The van der Waals surface area contributed by atoms with Gasteiger partial charge in [0.2, 0.25) is 5.91 Å². The van der Waals surface area contributed by atoms with E-state index in [0.29, 0.717) is 24.3 Å². The van der Waals surface area contributed by atoms with Crippen molar-refractivity contribution in [3.05, 3.63) is 81.5 Å². The van der Waals surface area contributed by atoms with Crippen LogP contribution in [0.15, 0.2) is 54.6 Å². The number of hydrogen-bond donors (Lipinski definition) is 1. The minimum atomic E-state index is -0.452. The number of aryl methyl sites for hydroxylation is 3. The molecule has 3 aromatic rings. The van der Waals surface area contributed by atoms with Crippen molar-refractivity contribution in [3.63, 3.8) is 0 Å². The summed E-state index contributed by atoms with van der Waals surface area (Å²) in [6.45, 7) is 3.85. The highest BCUT2D eigenvalue weighted by Gasteiger charge is 2.12. The van der Waals surface area contributed by atoms with Gasteiger partial charge in [-0.1, -0.05) is 29.8 Å². The van der Waals surface area contributed by atoms with Crippen LogP contribution in [-0.4, -0.2) is 20.6 Å². The van der Waals surface area contributed by atoms with E-state index in [1.807, 2.05) is 38.1 Å². The number of benzene rings is 2. The number of anilines is 1. The molecule has 0 aliphatic carbocycles. The Balaban J connectivity index is 1.70. The van der Waals surface area contributed by atoms with E-state index in [-0.39, 0.29) is 11.6 Å². The number of aromatic nitrogens is 2. The smallest absolute Gasteiger partial charge is 0.269 e. The van der Waals surface area contributed by atoms with E-state index in [9.17, 15) is 14.9 Å². The second kappa shape index (κ2) is 7.82. The van der Waals surface area contributed by atoms with Crippen LogP contribution in [0.5, 0.6) is 0 Å². The maximum atomic E-state index is 12.3. The zero-order valence-corrected chi connectivity index (χ0v) is 15.2. The number of rotatable bonds is 6. The van der Waals surface area contributed by atoms with Crippen LogP contribution in [-0.2, 0) is 11.2 Å². The van der Waals surface area contributed by atoms with Gasteiger partial charge in [0.1, 0.15) is 5.82 Å². The van der Waals surface area contributed by atoms with Crippen molar-refractivity contribution in [3.8, 4) is 5.69 Å². The lowest BCUT2D eigenvalue weighted by molar-refractivity contribution is -0.384. The Bertz CT molecular complexity index is 960. The molecule has 138 valence electrons. The van der Waals surface area contributed by atoms with Gasteiger partial charge >= 0.3 is 0 Å². The molecule has 0 aliphatic heterocycles. The molecule has 0 unspecified atom stereocenters. The van der Waals surface area contributed by atoms with Crippen molar-refractivity contribution in [2.75, 3.05) is 5.32 Å². The summed E-state index contributed by atoms with van der Waals surface area (Å²) in [7, 11) is 0. The lowest BCUT2D eigenvalue weighted by atomic mass is 10.1. The second-order valence-electron chi connectivity index (χ2n) is 6.39. The molecule has 0 radical (unpaired) electrons. The van der Waals surface area contributed by atoms with E-state index in [1.165, 1.54) is 17.7 Å². The average Bonchev–Trinajstić information content (AvgIpc) is 3.01. The lowest BCUT2D eigenvalue weighted by Gasteiger charge is -2.09. The van der Waals surface area contributed by atoms with E-state index in [0.717, 1.165) is 11.3 Å². The van der Waals surface area contributed by atoms with Gasteiger partial charge in [-0.25, -0.2) is 4.68 Å². The van der Waals surface area contributed by atoms with Gasteiger partial charge in [0.25, 0.3) is 5.69 Å². The Morgan fingerprint density at radius 3 is 2.41 bits per heavy atom. The molecule has 0 saturated heterocycles. The van der Waals surface area contributed by atoms with E-state index in [4.69, 9.17) is 0 Å². The molecule has 7 heteroatoms. The summed E-state index contributed by atoms with van der Waals surface area (Å²) in [5.74, 6) is 0.425. The van der Waals surface area contributed by atoms with E-state index in [1.54, 1.807) is 22.9 Å². The van der Waals surface area contributed by atoms with Gasteiger partial charge in [0.05, 0.1) is 16.3 Å². The number of hydrogen-bond acceptors (Lipinski definition) is 4. The van der Waals surface area contributed by atoms with Crippen LogP contribution in [0.3, 0.4) is 0 Å². The number of non-ortho nitro benzene ring substituents is 1. The highest BCUT2D eigenvalue weighted by atomic mass is 16.6. The van der Waals surface area contributed by atoms with Crippen LogP contribution in [0.25, 0.3) is 5.69 Å². The van der Waals surface area contributed by atoms with E-state index in [2.05, 4.69) is 10.4 Å². The van der Waals surface area contributed by atoms with Gasteiger partial charge in [-0.05, 0) is 38.0 Å². The molecule has 0 atom stereocenters. The Hall–Kier alpha value is -3.48. The lowest BCUT2D eigenvalue weighted by Crippen LogP contribution is -2.15. The molecule has 2 aromatic carbocycles. The van der Waals surface area contributed by atoms with E-state index < -0.39 is 4.92 Å². The number of nitrogens with one attached hydrogen (secondary N) is 1. The number of nitrogens with zero attached hydrogens (tertiary/aromatic N) is 3. The Kier molecular flexibility index (Phi) is 5.30. The monoisotopic (exact) mass is 364 g/mol. The summed E-state index contributed by atoms with van der Waals surface area (Å²) in [4.78, 5) is 22.7. The first-order valence-corrected chi connectivity index (χ1v) is 8.59. The maximum absolute atomic E-state index is 12.3. The quantitative estimate of drug-likeness (QED) is 0.529. The SMILES string of the molecule is Cc1ccc(CCC(=O)Nc2cc(C)nn2-c2ccc([N+](=O)[O-])cc2)cc1.